The van der Waals surface area contributed by atoms with E-state index in [0.717, 1.165) is 5.69 Å². The smallest absolute Gasteiger partial charge is 0.318 e. The third kappa shape index (κ3) is 4.67. The van der Waals surface area contributed by atoms with Gasteiger partial charge in [-0.15, -0.1) is 0 Å². The highest BCUT2D eigenvalue weighted by Gasteiger charge is 2.02. The number of carbonyl (C=O) groups excluding carboxylic acids is 2. The fourth-order valence-corrected chi connectivity index (χ4v) is 0.908. The van der Waals surface area contributed by atoms with Gasteiger partial charge in [0.1, 0.15) is 6.33 Å². The first kappa shape index (κ1) is 11.1. The predicted octanol–water partition coefficient (Wildman–Crippen LogP) is -1.24. The van der Waals surface area contributed by atoms with Crippen molar-refractivity contribution in [2.24, 2.45) is 5.73 Å². The average Bonchev–Trinajstić information content (AvgIpc) is 2.18. The molecule has 0 atom stereocenters. The van der Waals surface area contributed by atoms with Crippen molar-refractivity contribution in [3.63, 3.8) is 0 Å². The van der Waals surface area contributed by atoms with Crippen LogP contribution in [0.1, 0.15) is 5.69 Å². The van der Waals surface area contributed by atoms with Gasteiger partial charge in [0, 0.05) is 12.7 Å². The van der Waals surface area contributed by atoms with Crippen molar-refractivity contribution in [1.82, 2.24) is 20.6 Å². The lowest BCUT2D eigenvalue weighted by atomic mass is 10.4. The maximum atomic E-state index is 10.9. The highest BCUT2D eigenvalue weighted by Crippen LogP contribution is 1.88. The third-order valence-electron chi connectivity index (χ3n) is 1.50. The number of nitrogens with two attached hydrogens (primary N) is 1. The Bertz CT molecular complexity index is 340. The molecule has 1 heterocycles. The van der Waals surface area contributed by atoms with Gasteiger partial charge in [-0.3, -0.25) is 10.1 Å². The van der Waals surface area contributed by atoms with Crippen molar-refractivity contribution in [1.29, 1.82) is 0 Å². The lowest BCUT2D eigenvalue weighted by Crippen LogP contribution is -2.40. The molecule has 0 aliphatic carbocycles. The summed E-state index contributed by atoms with van der Waals surface area (Å²) in [5.41, 5.74) is 5.52. The molecule has 0 unspecified atom stereocenters. The molecule has 1 aromatic heterocycles. The summed E-state index contributed by atoms with van der Waals surface area (Å²) in [6, 6.07) is 0.864. The minimum atomic E-state index is -0.858. The maximum absolute atomic E-state index is 10.9. The van der Waals surface area contributed by atoms with Gasteiger partial charge >= 0.3 is 6.03 Å². The van der Waals surface area contributed by atoms with Gasteiger partial charge < -0.3 is 11.1 Å². The minimum Gasteiger partial charge on any atom is -0.351 e. The molecule has 0 fully saturated rings. The zero-order valence-corrected chi connectivity index (χ0v) is 7.93. The van der Waals surface area contributed by atoms with Crippen LogP contribution in [0, 0.1) is 0 Å². The third-order valence-corrected chi connectivity index (χ3v) is 1.50. The maximum Gasteiger partial charge on any atom is 0.318 e. The quantitative estimate of drug-likeness (QED) is 0.574. The van der Waals surface area contributed by atoms with Crippen molar-refractivity contribution in [3.8, 4) is 0 Å². The molecule has 0 aromatic carbocycles. The van der Waals surface area contributed by atoms with E-state index in [4.69, 9.17) is 5.73 Å². The predicted molar refractivity (Wildman–Crippen MR) is 51.5 cm³/mol. The van der Waals surface area contributed by atoms with E-state index in [2.05, 4.69) is 15.3 Å². The van der Waals surface area contributed by atoms with Gasteiger partial charge in [-0.05, 0) is 6.07 Å². The summed E-state index contributed by atoms with van der Waals surface area (Å²) in [4.78, 5) is 28.9. The largest absolute Gasteiger partial charge is 0.351 e. The number of nitrogens with zero attached hydrogens (tertiary/aromatic N) is 2. The number of aromatic nitrogens is 2. The van der Waals surface area contributed by atoms with E-state index in [1.165, 1.54) is 6.33 Å². The Kier molecular flexibility index (Phi) is 4.17. The molecule has 3 amide bonds. The zero-order valence-electron chi connectivity index (χ0n) is 7.93. The Hall–Kier alpha value is -2.02. The van der Waals surface area contributed by atoms with Gasteiger partial charge in [0.25, 0.3) is 0 Å². The standard InChI is InChI=1S/C8H11N5O2/c9-8(15)13-7(14)4-11-3-6-1-2-10-5-12-6/h1-2,5,11H,3-4H2,(H3,9,13,14,15). The Morgan fingerprint density at radius 1 is 1.47 bits per heavy atom. The van der Waals surface area contributed by atoms with Crippen LogP contribution in [0.2, 0.25) is 0 Å². The van der Waals surface area contributed by atoms with E-state index in [1.54, 1.807) is 12.3 Å². The van der Waals surface area contributed by atoms with Crippen LogP contribution in [-0.2, 0) is 11.3 Å². The van der Waals surface area contributed by atoms with Crippen molar-refractivity contribution < 1.29 is 9.59 Å². The monoisotopic (exact) mass is 209 g/mol. The van der Waals surface area contributed by atoms with Crippen LogP contribution >= 0.6 is 0 Å². The SMILES string of the molecule is NC(=O)NC(=O)CNCc1ccncn1. The summed E-state index contributed by atoms with van der Waals surface area (Å²) >= 11 is 0. The number of primary amides is 1. The first-order valence-corrected chi connectivity index (χ1v) is 4.23. The molecule has 1 aromatic rings. The number of rotatable bonds is 4. The molecular formula is C8H11N5O2. The van der Waals surface area contributed by atoms with E-state index in [9.17, 15) is 9.59 Å². The number of nitrogens with one attached hydrogen (secondary N) is 2. The van der Waals surface area contributed by atoms with E-state index in [-0.39, 0.29) is 6.54 Å². The van der Waals surface area contributed by atoms with Gasteiger partial charge in [-0.1, -0.05) is 0 Å². The second-order valence-electron chi connectivity index (χ2n) is 2.72. The van der Waals surface area contributed by atoms with Crippen LogP contribution in [-0.4, -0.2) is 28.5 Å². The Morgan fingerprint density at radius 2 is 2.27 bits per heavy atom. The molecule has 0 spiro atoms. The summed E-state index contributed by atoms with van der Waals surface area (Å²) in [7, 11) is 0. The highest BCUT2D eigenvalue weighted by atomic mass is 16.2. The van der Waals surface area contributed by atoms with E-state index in [0.29, 0.717) is 6.54 Å². The fraction of sp³-hybridized carbons (Fsp3) is 0.250. The molecule has 80 valence electrons. The lowest BCUT2D eigenvalue weighted by molar-refractivity contribution is -0.119. The second kappa shape index (κ2) is 5.66. The molecule has 0 aliphatic rings. The van der Waals surface area contributed by atoms with E-state index in [1.807, 2.05) is 5.32 Å². The van der Waals surface area contributed by atoms with Crippen LogP contribution in [0.15, 0.2) is 18.6 Å². The Labute approximate surface area is 86.1 Å². The number of hydrogen-bond acceptors (Lipinski definition) is 5. The summed E-state index contributed by atoms with van der Waals surface area (Å²) in [6.07, 6.45) is 3.02. The van der Waals surface area contributed by atoms with E-state index >= 15 is 0 Å². The number of urea groups is 1. The average molecular weight is 209 g/mol. The van der Waals surface area contributed by atoms with Crippen LogP contribution in [0.5, 0.6) is 0 Å². The zero-order chi connectivity index (χ0) is 11.1. The van der Waals surface area contributed by atoms with Crippen molar-refractivity contribution >= 4 is 11.9 Å². The molecular weight excluding hydrogens is 198 g/mol. The van der Waals surface area contributed by atoms with Crippen molar-refractivity contribution in [3.05, 3.63) is 24.3 Å². The van der Waals surface area contributed by atoms with Crippen LogP contribution in [0.25, 0.3) is 0 Å². The summed E-state index contributed by atoms with van der Waals surface area (Å²) in [5, 5.41) is 4.73. The van der Waals surface area contributed by atoms with Crippen LogP contribution in [0.3, 0.4) is 0 Å². The lowest BCUT2D eigenvalue weighted by Gasteiger charge is -2.02. The molecule has 1 rings (SSSR count). The minimum absolute atomic E-state index is 0.00689. The molecule has 0 bridgehead atoms. The molecule has 0 aliphatic heterocycles. The summed E-state index contributed by atoms with van der Waals surface area (Å²) < 4.78 is 0. The van der Waals surface area contributed by atoms with Gasteiger partial charge in [0.2, 0.25) is 5.91 Å². The Balaban J connectivity index is 2.22. The first-order chi connectivity index (χ1) is 7.18. The molecule has 7 nitrogen and oxygen atoms in total. The Morgan fingerprint density at radius 3 is 2.87 bits per heavy atom. The summed E-state index contributed by atoms with van der Waals surface area (Å²) in [5.74, 6) is -0.475. The van der Waals surface area contributed by atoms with Crippen molar-refractivity contribution in [2.75, 3.05) is 6.54 Å². The molecule has 15 heavy (non-hydrogen) atoms. The first-order valence-electron chi connectivity index (χ1n) is 4.23. The molecule has 0 radical (unpaired) electrons. The summed E-state index contributed by atoms with van der Waals surface area (Å²) in [6.45, 7) is 0.432. The number of carbonyl (C=O) groups is 2. The molecule has 0 saturated heterocycles. The van der Waals surface area contributed by atoms with Crippen LogP contribution < -0.4 is 16.4 Å². The van der Waals surface area contributed by atoms with Crippen molar-refractivity contribution in [2.45, 2.75) is 6.54 Å². The number of imide groups is 1. The number of hydrogen-bond donors (Lipinski definition) is 3. The van der Waals surface area contributed by atoms with Gasteiger partial charge in [-0.2, -0.15) is 0 Å². The van der Waals surface area contributed by atoms with Gasteiger partial charge in [0.05, 0.1) is 12.2 Å². The molecule has 7 heteroatoms. The topological polar surface area (TPSA) is 110 Å². The number of amides is 3. The normalized spacial score (nSPS) is 9.60. The van der Waals surface area contributed by atoms with Crippen LogP contribution in [0.4, 0.5) is 4.79 Å². The molecule has 4 N–H and O–H groups in total. The molecule has 0 saturated carbocycles. The van der Waals surface area contributed by atoms with E-state index < -0.39 is 11.9 Å². The van der Waals surface area contributed by atoms with Gasteiger partial charge in [-0.25, -0.2) is 14.8 Å². The van der Waals surface area contributed by atoms with Gasteiger partial charge in [0.15, 0.2) is 0 Å². The fourth-order valence-electron chi connectivity index (χ4n) is 0.908. The second-order valence-corrected chi connectivity index (χ2v) is 2.72. The highest BCUT2D eigenvalue weighted by molar-refractivity contribution is 5.94.